The molecule has 0 fully saturated rings. The predicted molar refractivity (Wildman–Crippen MR) is 120 cm³/mol. The Morgan fingerprint density at radius 1 is 0.903 bits per heavy atom. The normalized spacial score (nSPS) is 10.7. The van der Waals surface area contributed by atoms with E-state index in [4.69, 9.17) is 9.47 Å². The summed E-state index contributed by atoms with van der Waals surface area (Å²) in [5, 5.41) is 13.2. The van der Waals surface area contributed by atoms with Crippen LogP contribution in [0.4, 0.5) is 0 Å². The summed E-state index contributed by atoms with van der Waals surface area (Å²) >= 11 is 0. The van der Waals surface area contributed by atoms with Crippen molar-refractivity contribution in [3.63, 3.8) is 0 Å². The van der Waals surface area contributed by atoms with Crippen LogP contribution in [0.2, 0.25) is 0 Å². The highest BCUT2D eigenvalue weighted by Crippen LogP contribution is 2.35. The Balaban J connectivity index is 1.73. The first kappa shape index (κ1) is 21.9. The summed E-state index contributed by atoms with van der Waals surface area (Å²) in [5.74, 6) is 1.15. The lowest BCUT2D eigenvalue weighted by Crippen LogP contribution is -2.35. The lowest BCUT2D eigenvalue weighted by molar-refractivity contribution is -0.121. The van der Waals surface area contributed by atoms with Gasteiger partial charge in [-0.15, -0.1) is 0 Å². The van der Waals surface area contributed by atoms with Gasteiger partial charge < -0.3 is 14.8 Å². The van der Waals surface area contributed by atoms with Crippen LogP contribution in [0.3, 0.4) is 0 Å². The summed E-state index contributed by atoms with van der Waals surface area (Å²) in [6.07, 6.45) is 0.686. The zero-order valence-corrected chi connectivity index (χ0v) is 17.8. The van der Waals surface area contributed by atoms with Crippen LogP contribution in [0.5, 0.6) is 11.5 Å². The number of nitriles is 1. The molecule has 0 spiro atoms. The third kappa shape index (κ3) is 5.04. The van der Waals surface area contributed by atoms with Crippen LogP contribution in [0.25, 0.3) is 0 Å². The Labute approximate surface area is 183 Å². The highest BCUT2D eigenvalue weighted by atomic mass is 16.5. The number of hydrogen-bond acceptors (Lipinski definition) is 4. The maximum atomic E-state index is 12.9. The van der Waals surface area contributed by atoms with Gasteiger partial charge in [0.15, 0.2) is 11.5 Å². The first-order valence-corrected chi connectivity index (χ1v) is 10.1. The van der Waals surface area contributed by atoms with E-state index in [0.29, 0.717) is 24.5 Å². The van der Waals surface area contributed by atoms with Crippen molar-refractivity contribution >= 4 is 5.91 Å². The number of amides is 1. The molecule has 0 aromatic heterocycles. The summed E-state index contributed by atoms with van der Waals surface area (Å²) in [6.45, 7) is 0.458. The van der Waals surface area contributed by atoms with E-state index in [-0.39, 0.29) is 12.3 Å². The van der Waals surface area contributed by atoms with Crippen molar-refractivity contribution in [1.82, 2.24) is 5.32 Å². The predicted octanol–water partition coefficient (Wildman–Crippen LogP) is 4.26. The summed E-state index contributed by atoms with van der Waals surface area (Å²) in [6, 6.07) is 27.1. The molecular formula is C26H26N2O3. The maximum Gasteiger partial charge on any atom is 0.222 e. The topological polar surface area (TPSA) is 71.3 Å². The second-order valence-electron chi connectivity index (χ2n) is 7.22. The number of hydrogen-bond donors (Lipinski definition) is 1. The van der Waals surface area contributed by atoms with Gasteiger partial charge in [0.25, 0.3) is 0 Å². The third-order valence-corrected chi connectivity index (χ3v) is 5.33. The van der Waals surface area contributed by atoms with E-state index >= 15 is 0 Å². The lowest BCUT2D eigenvalue weighted by Gasteiger charge is -2.27. The maximum absolute atomic E-state index is 12.9. The first-order chi connectivity index (χ1) is 15.1. The molecule has 3 rings (SSSR count). The van der Waals surface area contributed by atoms with E-state index in [9.17, 15) is 10.1 Å². The van der Waals surface area contributed by atoms with Gasteiger partial charge in [-0.05, 0) is 35.2 Å². The van der Waals surface area contributed by atoms with Crippen LogP contribution in [-0.2, 0) is 16.6 Å². The zero-order chi connectivity index (χ0) is 22.1. The number of carbonyl (C=O) groups excluding carboxylic acids is 1. The Hall–Kier alpha value is -3.78. The SMILES string of the molecule is COc1ccc(CCNC(=O)CC(C#N)(c2ccccc2)c2ccccc2)cc1OC. The molecule has 0 unspecified atom stereocenters. The van der Waals surface area contributed by atoms with Gasteiger partial charge in [-0.3, -0.25) is 4.79 Å². The van der Waals surface area contributed by atoms with E-state index < -0.39 is 5.41 Å². The average Bonchev–Trinajstić information content (AvgIpc) is 2.83. The monoisotopic (exact) mass is 414 g/mol. The molecule has 0 aliphatic rings. The molecule has 0 saturated heterocycles. The van der Waals surface area contributed by atoms with Gasteiger partial charge in [-0.2, -0.15) is 5.26 Å². The second kappa shape index (κ2) is 10.3. The summed E-state index contributed by atoms with van der Waals surface area (Å²) in [7, 11) is 3.19. The van der Waals surface area contributed by atoms with Crippen molar-refractivity contribution in [1.29, 1.82) is 5.26 Å². The van der Waals surface area contributed by atoms with Crippen LogP contribution in [0.15, 0.2) is 78.9 Å². The van der Waals surface area contributed by atoms with Gasteiger partial charge in [-0.25, -0.2) is 0 Å². The van der Waals surface area contributed by atoms with E-state index in [0.717, 1.165) is 16.7 Å². The van der Waals surface area contributed by atoms with Crippen molar-refractivity contribution in [3.05, 3.63) is 95.6 Å². The smallest absolute Gasteiger partial charge is 0.222 e. The molecular weight excluding hydrogens is 388 g/mol. The van der Waals surface area contributed by atoms with Crippen LogP contribution in [0, 0.1) is 11.3 Å². The number of nitrogens with one attached hydrogen (secondary N) is 1. The molecule has 0 bridgehead atoms. The van der Waals surface area contributed by atoms with Crippen molar-refractivity contribution in [3.8, 4) is 17.6 Å². The van der Waals surface area contributed by atoms with Crippen LogP contribution < -0.4 is 14.8 Å². The minimum atomic E-state index is -1.05. The number of carbonyl (C=O) groups is 1. The Morgan fingerprint density at radius 3 is 2.00 bits per heavy atom. The third-order valence-electron chi connectivity index (χ3n) is 5.33. The van der Waals surface area contributed by atoms with Gasteiger partial charge in [0.1, 0.15) is 5.41 Å². The number of nitrogens with zero attached hydrogens (tertiary/aromatic N) is 1. The van der Waals surface area contributed by atoms with E-state index in [1.54, 1.807) is 14.2 Å². The fraction of sp³-hybridized carbons (Fsp3) is 0.231. The van der Waals surface area contributed by atoms with Crippen LogP contribution in [0.1, 0.15) is 23.1 Å². The van der Waals surface area contributed by atoms with Crippen LogP contribution >= 0.6 is 0 Å². The van der Waals surface area contributed by atoms with Gasteiger partial charge in [0.05, 0.1) is 26.7 Å². The Bertz CT molecular complexity index is 1000. The molecule has 0 radical (unpaired) electrons. The quantitative estimate of drug-likeness (QED) is 0.568. The zero-order valence-electron chi connectivity index (χ0n) is 17.8. The number of methoxy groups -OCH3 is 2. The van der Waals surface area contributed by atoms with Crippen molar-refractivity contribution < 1.29 is 14.3 Å². The van der Waals surface area contributed by atoms with Gasteiger partial charge >= 0.3 is 0 Å². The standard InChI is InChI=1S/C26H26N2O3/c1-30-23-14-13-20(17-24(23)31-2)15-16-28-25(29)18-26(19-27,21-9-5-3-6-10-21)22-11-7-4-8-12-22/h3-14,17H,15-16,18H2,1-2H3,(H,28,29). The summed E-state index contributed by atoms with van der Waals surface area (Å²) in [4.78, 5) is 12.9. The number of ether oxygens (including phenoxy) is 2. The average molecular weight is 415 g/mol. The van der Waals surface area contributed by atoms with E-state index in [1.807, 2.05) is 78.9 Å². The van der Waals surface area contributed by atoms with Crippen LogP contribution in [-0.4, -0.2) is 26.7 Å². The van der Waals surface area contributed by atoms with Crippen molar-refractivity contribution in [2.45, 2.75) is 18.3 Å². The minimum Gasteiger partial charge on any atom is -0.493 e. The molecule has 0 aliphatic carbocycles. The largest absolute Gasteiger partial charge is 0.493 e. The molecule has 31 heavy (non-hydrogen) atoms. The highest BCUT2D eigenvalue weighted by Gasteiger charge is 2.36. The van der Waals surface area contributed by atoms with E-state index in [2.05, 4.69) is 11.4 Å². The molecule has 1 amide bonds. The fourth-order valence-electron chi connectivity index (χ4n) is 3.67. The van der Waals surface area contributed by atoms with Crippen molar-refractivity contribution in [2.75, 3.05) is 20.8 Å². The summed E-state index contributed by atoms with van der Waals surface area (Å²) in [5.41, 5.74) is 1.59. The fourth-order valence-corrected chi connectivity index (χ4v) is 3.67. The molecule has 3 aromatic rings. The Kier molecular flexibility index (Phi) is 7.29. The summed E-state index contributed by atoms with van der Waals surface area (Å²) < 4.78 is 10.6. The van der Waals surface area contributed by atoms with Gasteiger partial charge in [-0.1, -0.05) is 66.7 Å². The second-order valence-corrected chi connectivity index (χ2v) is 7.22. The molecule has 5 heteroatoms. The first-order valence-electron chi connectivity index (χ1n) is 10.1. The minimum absolute atomic E-state index is 0.0451. The van der Waals surface area contributed by atoms with Gasteiger partial charge in [0.2, 0.25) is 5.91 Å². The van der Waals surface area contributed by atoms with Gasteiger partial charge in [0, 0.05) is 6.54 Å². The molecule has 0 aliphatic heterocycles. The molecule has 158 valence electrons. The molecule has 3 aromatic carbocycles. The van der Waals surface area contributed by atoms with Crippen molar-refractivity contribution in [2.24, 2.45) is 0 Å². The molecule has 0 atom stereocenters. The molecule has 0 heterocycles. The lowest BCUT2D eigenvalue weighted by atomic mass is 9.73. The van der Waals surface area contributed by atoms with E-state index in [1.165, 1.54) is 0 Å². The number of rotatable bonds is 9. The molecule has 0 saturated carbocycles. The molecule has 1 N–H and O–H groups in total. The highest BCUT2D eigenvalue weighted by molar-refractivity contribution is 5.79. The molecule has 5 nitrogen and oxygen atoms in total. The number of benzene rings is 3. The Morgan fingerprint density at radius 2 is 1.48 bits per heavy atom.